The molecule has 2 heteroatoms. The highest BCUT2D eigenvalue weighted by Crippen LogP contribution is 2.41. The summed E-state index contributed by atoms with van der Waals surface area (Å²) in [5.41, 5.74) is 9.08. The highest BCUT2D eigenvalue weighted by Gasteiger charge is 2.34. The van der Waals surface area contributed by atoms with Gasteiger partial charge in [-0.05, 0) is 61.6 Å². The number of hydrogen-bond acceptors (Lipinski definition) is 2. The van der Waals surface area contributed by atoms with Crippen molar-refractivity contribution >= 4 is 0 Å². The summed E-state index contributed by atoms with van der Waals surface area (Å²) in [4.78, 5) is 2.67. The van der Waals surface area contributed by atoms with Crippen LogP contribution < -0.4 is 5.73 Å². The standard InChI is InChI=1S/C19H30N2/c1-14(2)11-12-21(18-9-10-18)19(13-20)17-7-5-16(6-8-17)15-3-4-15/h5-8,14-15,18-19H,3-4,9-13,20H2,1-2H3. The summed E-state index contributed by atoms with van der Waals surface area (Å²) < 4.78 is 0. The van der Waals surface area contributed by atoms with Crippen LogP contribution in [0.5, 0.6) is 0 Å². The molecule has 1 aromatic rings. The number of nitrogens with zero attached hydrogens (tertiary/aromatic N) is 1. The van der Waals surface area contributed by atoms with Gasteiger partial charge in [0, 0.05) is 18.6 Å². The van der Waals surface area contributed by atoms with Crippen molar-refractivity contribution in [1.82, 2.24) is 4.90 Å². The maximum absolute atomic E-state index is 6.15. The molecule has 0 radical (unpaired) electrons. The molecule has 2 saturated carbocycles. The van der Waals surface area contributed by atoms with Crippen LogP contribution in [-0.2, 0) is 0 Å². The first-order valence-corrected chi connectivity index (χ1v) is 8.74. The molecule has 3 rings (SSSR count). The summed E-state index contributed by atoms with van der Waals surface area (Å²) in [6, 6.07) is 10.5. The quantitative estimate of drug-likeness (QED) is 0.780. The molecule has 0 aliphatic heterocycles. The van der Waals surface area contributed by atoms with Crippen LogP contribution in [0, 0.1) is 5.92 Å². The Balaban J connectivity index is 1.71. The van der Waals surface area contributed by atoms with Crippen LogP contribution in [0.15, 0.2) is 24.3 Å². The Morgan fingerprint density at radius 1 is 1.10 bits per heavy atom. The molecule has 2 aliphatic carbocycles. The van der Waals surface area contributed by atoms with Gasteiger partial charge in [0.15, 0.2) is 0 Å². The third-order valence-corrected chi connectivity index (χ3v) is 4.97. The summed E-state index contributed by atoms with van der Waals surface area (Å²) in [6.07, 6.45) is 6.74. The van der Waals surface area contributed by atoms with Crippen molar-refractivity contribution in [1.29, 1.82) is 0 Å². The Morgan fingerprint density at radius 3 is 2.24 bits per heavy atom. The van der Waals surface area contributed by atoms with Crippen molar-refractivity contribution in [2.45, 2.75) is 64.0 Å². The summed E-state index contributed by atoms with van der Waals surface area (Å²) in [5.74, 6) is 1.61. The third kappa shape index (κ3) is 3.87. The van der Waals surface area contributed by atoms with Crippen LogP contribution in [0.2, 0.25) is 0 Å². The van der Waals surface area contributed by atoms with E-state index in [4.69, 9.17) is 5.73 Å². The van der Waals surface area contributed by atoms with Gasteiger partial charge in [0.05, 0.1) is 0 Å². The second-order valence-corrected chi connectivity index (χ2v) is 7.34. The SMILES string of the molecule is CC(C)CCN(C1CC1)C(CN)c1ccc(C2CC2)cc1. The van der Waals surface area contributed by atoms with Gasteiger partial charge >= 0.3 is 0 Å². The fourth-order valence-electron chi connectivity index (χ4n) is 3.28. The fourth-order valence-corrected chi connectivity index (χ4v) is 3.28. The Labute approximate surface area is 129 Å². The van der Waals surface area contributed by atoms with Crippen molar-refractivity contribution in [3.63, 3.8) is 0 Å². The third-order valence-electron chi connectivity index (χ3n) is 4.97. The second kappa shape index (κ2) is 6.50. The molecule has 2 nitrogen and oxygen atoms in total. The van der Waals surface area contributed by atoms with Gasteiger partial charge in [0.25, 0.3) is 0 Å². The van der Waals surface area contributed by atoms with Crippen molar-refractivity contribution in [2.24, 2.45) is 11.7 Å². The molecule has 0 amide bonds. The molecule has 2 fully saturated rings. The maximum Gasteiger partial charge on any atom is 0.0473 e. The predicted molar refractivity (Wildman–Crippen MR) is 89.4 cm³/mol. The number of rotatable bonds is 8. The summed E-state index contributed by atoms with van der Waals surface area (Å²) >= 11 is 0. The molecule has 1 atom stereocenters. The van der Waals surface area contributed by atoms with Crippen LogP contribution >= 0.6 is 0 Å². The van der Waals surface area contributed by atoms with Crippen LogP contribution in [0.4, 0.5) is 0 Å². The van der Waals surface area contributed by atoms with Gasteiger partial charge < -0.3 is 5.73 Å². The summed E-state index contributed by atoms with van der Waals surface area (Å²) in [7, 11) is 0. The molecule has 0 heterocycles. The lowest BCUT2D eigenvalue weighted by Crippen LogP contribution is -2.36. The van der Waals surface area contributed by atoms with Gasteiger partial charge in [-0.3, -0.25) is 4.90 Å². The lowest BCUT2D eigenvalue weighted by atomic mass is 10.0. The molecule has 1 unspecified atom stereocenters. The van der Waals surface area contributed by atoms with E-state index in [1.165, 1.54) is 49.8 Å². The largest absolute Gasteiger partial charge is 0.329 e. The van der Waals surface area contributed by atoms with Gasteiger partial charge in [-0.2, -0.15) is 0 Å². The minimum absolute atomic E-state index is 0.407. The van der Waals surface area contributed by atoms with Crippen LogP contribution in [0.25, 0.3) is 0 Å². The van der Waals surface area contributed by atoms with Crippen LogP contribution in [-0.4, -0.2) is 24.0 Å². The van der Waals surface area contributed by atoms with Gasteiger partial charge in [-0.25, -0.2) is 0 Å². The van der Waals surface area contributed by atoms with Crippen molar-refractivity contribution in [2.75, 3.05) is 13.1 Å². The highest BCUT2D eigenvalue weighted by atomic mass is 15.2. The molecule has 0 bridgehead atoms. The van der Waals surface area contributed by atoms with Crippen LogP contribution in [0.1, 0.15) is 69.0 Å². The van der Waals surface area contributed by atoms with Crippen LogP contribution in [0.3, 0.4) is 0 Å². The highest BCUT2D eigenvalue weighted by molar-refractivity contribution is 5.30. The van der Waals surface area contributed by atoms with Gasteiger partial charge in [-0.1, -0.05) is 38.1 Å². The van der Waals surface area contributed by atoms with Gasteiger partial charge in [0.1, 0.15) is 0 Å². The average Bonchev–Trinajstić information content (AvgIpc) is 3.36. The van der Waals surface area contributed by atoms with Gasteiger partial charge in [-0.15, -0.1) is 0 Å². The fraction of sp³-hybridized carbons (Fsp3) is 0.684. The van der Waals surface area contributed by atoms with Crippen molar-refractivity contribution in [3.05, 3.63) is 35.4 Å². The van der Waals surface area contributed by atoms with E-state index in [0.29, 0.717) is 6.04 Å². The van der Waals surface area contributed by atoms with E-state index in [2.05, 4.69) is 43.0 Å². The first-order chi connectivity index (χ1) is 10.2. The zero-order chi connectivity index (χ0) is 14.8. The topological polar surface area (TPSA) is 29.3 Å². The second-order valence-electron chi connectivity index (χ2n) is 7.34. The van der Waals surface area contributed by atoms with Gasteiger partial charge in [0.2, 0.25) is 0 Å². The number of nitrogens with two attached hydrogens (primary N) is 1. The van der Waals surface area contributed by atoms with E-state index in [1.807, 2.05) is 0 Å². The van der Waals surface area contributed by atoms with Crippen molar-refractivity contribution in [3.8, 4) is 0 Å². The Bertz CT molecular complexity index is 443. The predicted octanol–water partition coefficient (Wildman–Crippen LogP) is 4.07. The molecule has 0 spiro atoms. The first-order valence-electron chi connectivity index (χ1n) is 8.74. The van der Waals surface area contributed by atoms with E-state index in [9.17, 15) is 0 Å². The average molecular weight is 286 g/mol. The minimum atomic E-state index is 0.407. The molecule has 1 aromatic carbocycles. The summed E-state index contributed by atoms with van der Waals surface area (Å²) in [5, 5.41) is 0. The van der Waals surface area contributed by atoms with E-state index in [-0.39, 0.29) is 0 Å². The normalized spacial score (nSPS) is 20.2. The van der Waals surface area contributed by atoms with Crippen molar-refractivity contribution < 1.29 is 0 Å². The molecule has 116 valence electrons. The first kappa shape index (κ1) is 15.1. The number of benzene rings is 1. The molecule has 2 aliphatic rings. The number of hydrogen-bond donors (Lipinski definition) is 1. The Morgan fingerprint density at radius 2 is 1.76 bits per heavy atom. The minimum Gasteiger partial charge on any atom is -0.329 e. The lowest BCUT2D eigenvalue weighted by molar-refractivity contribution is 0.181. The molecule has 0 aromatic heterocycles. The van der Waals surface area contributed by atoms with E-state index < -0.39 is 0 Å². The Kier molecular flexibility index (Phi) is 4.66. The molecule has 0 saturated heterocycles. The zero-order valence-electron chi connectivity index (χ0n) is 13.6. The van der Waals surface area contributed by atoms with E-state index in [1.54, 1.807) is 0 Å². The maximum atomic E-state index is 6.15. The monoisotopic (exact) mass is 286 g/mol. The molecular weight excluding hydrogens is 256 g/mol. The lowest BCUT2D eigenvalue weighted by Gasteiger charge is -2.32. The molecule has 2 N–H and O–H groups in total. The molecule has 21 heavy (non-hydrogen) atoms. The Hall–Kier alpha value is -0.860. The molecular formula is C19H30N2. The zero-order valence-corrected chi connectivity index (χ0v) is 13.6. The van der Waals surface area contributed by atoms with E-state index in [0.717, 1.165) is 24.4 Å². The smallest absolute Gasteiger partial charge is 0.0473 e. The summed E-state index contributed by atoms with van der Waals surface area (Å²) in [6.45, 7) is 6.55. The van der Waals surface area contributed by atoms with E-state index >= 15 is 0 Å².